The fraction of sp³-hybridized carbons (Fsp3) is 0.308. The predicted octanol–water partition coefficient (Wildman–Crippen LogP) is 2.27. The molecule has 0 aliphatic heterocycles. The Kier molecular flexibility index (Phi) is 2.91. The zero-order valence-electron chi connectivity index (χ0n) is 11.0. The van der Waals surface area contributed by atoms with Gasteiger partial charge < -0.3 is 10.5 Å². The minimum atomic E-state index is -0.610. The van der Waals surface area contributed by atoms with Crippen LogP contribution in [0.4, 0.5) is 10.5 Å². The first-order valence-corrected chi connectivity index (χ1v) is 5.73. The van der Waals surface area contributed by atoms with Crippen molar-refractivity contribution in [1.29, 1.82) is 5.26 Å². The molecule has 1 aromatic carbocycles. The molecule has 19 heavy (non-hydrogen) atoms. The van der Waals surface area contributed by atoms with Gasteiger partial charge in [0.2, 0.25) is 0 Å². The number of hydrogen-bond donors (Lipinski definition) is 1. The number of rotatable bonds is 0. The number of carbonyl (C=O) groups excluding carboxylic acids is 1. The van der Waals surface area contributed by atoms with Gasteiger partial charge in [-0.25, -0.2) is 4.79 Å². The van der Waals surface area contributed by atoms with Crippen molar-refractivity contribution in [3.63, 3.8) is 0 Å². The summed E-state index contributed by atoms with van der Waals surface area (Å²) in [6.45, 7) is 5.32. The van der Waals surface area contributed by atoms with Crippen LogP contribution in [0.5, 0.6) is 0 Å². The quantitative estimate of drug-likeness (QED) is 0.731. The molecule has 2 aromatic rings. The Morgan fingerprint density at radius 1 is 1.47 bits per heavy atom. The molecule has 6 nitrogen and oxygen atoms in total. The molecule has 0 radical (unpaired) electrons. The molecular formula is C13H14N4O2. The van der Waals surface area contributed by atoms with E-state index in [-0.39, 0.29) is 0 Å². The molecule has 98 valence electrons. The van der Waals surface area contributed by atoms with Gasteiger partial charge in [0, 0.05) is 5.39 Å². The average molecular weight is 258 g/mol. The minimum Gasteiger partial charge on any atom is -0.442 e. The highest BCUT2D eigenvalue weighted by Crippen LogP contribution is 2.24. The number of nitriles is 1. The van der Waals surface area contributed by atoms with Crippen LogP contribution in [0, 0.1) is 11.3 Å². The second-order valence-corrected chi connectivity index (χ2v) is 5.11. The number of benzene rings is 1. The lowest BCUT2D eigenvalue weighted by Gasteiger charge is -2.19. The third-order valence-electron chi connectivity index (χ3n) is 2.46. The highest BCUT2D eigenvalue weighted by Gasteiger charge is 2.21. The molecule has 2 N–H and O–H groups in total. The van der Waals surface area contributed by atoms with E-state index in [2.05, 4.69) is 5.10 Å². The summed E-state index contributed by atoms with van der Waals surface area (Å²) in [6.07, 6.45) is 0.852. The zero-order chi connectivity index (χ0) is 14.2. The number of carbonyl (C=O) groups is 1. The van der Waals surface area contributed by atoms with Crippen LogP contribution in [0.3, 0.4) is 0 Å². The highest BCUT2D eigenvalue weighted by molar-refractivity contribution is 5.94. The van der Waals surface area contributed by atoms with E-state index in [1.807, 2.05) is 6.07 Å². The number of hydrogen-bond acceptors (Lipinski definition) is 5. The second kappa shape index (κ2) is 4.28. The Morgan fingerprint density at radius 3 is 2.74 bits per heavy atom. The lowest BCUT2D eigenvalue weighted by Crippen LogP contribution is -2.27. The molecule has 0 amide bonds. The third-order valence-corrected chi connectivity index (χ3v) is 2.46. The van der Waals surface area contributed by atoms with Crippen molar-refractivity contribution in [1.82, 2.24) is 9.78 Å². The molecule has 0 unspecified atom stereocenters. The van der Waals surface area contributed by atoms with Crippen LogP contribution in [-0.2, 0) is 4.74 Å². The number of nitrogens with two attached hydrogens (primary N) is 1. The van der Waals surface area contributed by atoms with Gasteiger partial charge in [0.15, 0.2) is 0 Å². The van der Waals surface area contributed by atoms with Gasteiger partial charge in [-0.05, 0) is 32.9 Å². The van der Waals surface area contributed by atoms with E-state index in [1.54, 1.807) is 32.9 Å². The van der Waals surface area contributed by atoms with Gasteiger partial charge in [-0.2, -0.15) is 15.0 Å². The van der Waals surface area contributed by atoms with Gasteiger partial charge in [0.05, 0.1) is 23.0 Å². The molecule has 0 aliphatic rings. The standard InChI is InChI=1S/C13H14N4O2/c1-13(2,3)19-12(18)17-11-5-4-10(15)8(6-14)9(11)7-16-17/h4-5,7H,15H2,1-3H3. The second-order valence-electron chi connectivity index (χ2n) is 5.11. The molecule has 0 saturated heterocycles. The number of aromatic nitrogens is 2. The van der Waals surface area contributed by atoms with Crippen molar-refractivity contribution in [2.75, 3.05) is 5.73 Å². The number of nitrogens with zero attached hydrogens (tertiary/aromatic N) is 3. The van der Waals surface area contributed by atoms with Crippen molar-refractivity contribution >= 4 is 22.7 Å². The van der Waals surface area contributed by atoms with E-state index in [0.717, 1.165) is 4.68 Å². The molecule has 1 heterocycles. The Labute approximate surface area is 110 Å². The van der Waals surface area contributed by atoms with E-state index >= 15 is 0 Å². The van der Waals surface area contributed by atoms with Crippen LogP contribution in [0.25, 0.3) is 10.9 Å². The van der Waals surface area contributed by atoms with E-state index < -0.39 is 11.7 Å². The summed E-state index contributed by atoms with van der Waals surface area (Å²) in [5.74, 6) is 0. The van der Waals surface area contributed by atoms with E-state index in [9.17, 15) is 4.79 Å². The molecule has 0 fully saturated rings. The normalized spacial score (nSPS) is 11.3. The lowest BCUT2D eigenvalue weighted by molar-refractivity contribution is 0.0523. The molecule has 0 bridgehead atoms. The number of nitrogen functional groups attached to an aromatic ring is 1. The SMILES string of the molecule is CC(C)(C)OC(=O)n1ncc2c(C#N)c(N)ccc21. The average Bonchev–Trinajstić information content (AvgIpc) is 2.70. The Morgan fingerprint density at radius 2 is 2.16 bits per heavy atom. The maximum absolute atomic E-state index is 12.0. The summed E-state index contributed by atoms with van der Waals surface area (Å²) < 4.78 is 6.37. The largest absolute Gasteiger partial charge is 0.442 e. The first-order valence-electron chi connectivity index (χ1n) is 5.73. The minimum absolute atomic E-state index is 0.312. The fourth-order valence-electron chi connectivity index (χ4n) is 1.69. The summed E-state index contributed by atoms with van der Waals surface area (Å²) in [5, 5.41) is 13.6. The van der Waals surface area contributed by atoms with Crippen LogP contribution in [0.15, 0.2) is 18.3 Å². The van der Waals surface area contributed by atoms with Crippen molar-refractivity contribution in [3.05, 3.63) is 23.9 Å². The highest BCUT2D eigenvalue weighted by atomic mass is 16.6. The number of ether oxygens (including phenoxy) is 1. The number of anilines is 1. The van der Waals surface area contributed by atoms with Gasteiger partial charge in [-0.1, -0.05) is 0 Å². The molecule has 2 rings (SSSR count). The Hall–Kier alpha value is -2.55. The van der Waals surface area contributed by atoms with Crippen molar-refractivity contribution in [2.45, 2.75) is 26.4 Å². The van der Waals surface area contributed by atoms with Gasteiger partial charge in [0.1, 0.15) is 11.7 Å². The van der Waals surface area contributed by atoms with Crippen LogP contribution in [0.2, 0.25) is 0 Å². The summed E-state index contributed by atoms with van der Waals surface area (Å²) in [6, 6.07) is 5.22. The Balaban J connectivity index is 2.54. The number of fused-ring (bicyclic) bond motifs is 1. The third kappa shape index (κ3) is 2.36. The fourth-order valence-corrected chi connectivity index (χ4v) is 1.69. The van der Waals surface area contributed by atoms with Crippen molar-refractivity contribution < 1.29 is 9.53 Å². The first-order chi connectivity index (χ1) is 8.83. The van der Waals surface area contributed by atoms with Crippen molar-refractivity contribution in [3.8, 4) is 6.07 Å². The summed E-state index contributed by atoms with van der Waals surface area (Å²) in [4.78, 5) is 12.0. The maximum Gasteiger partial charge on any atom is 0.435 e. The molecule has 1 aromatic heterocycles. The first kappa shape index (κ1) is 12.9. The van der Waals surface area contributed by atoms with E-state index in [0.29, 0.717) is 22.2 Å². The van der Waals surface area contributed by atoms with Crippen LogP contribution in [0.1, 0.15) is 26.3 Å². The molecule has 0 atom stereocenters. The summed E-state index contributed by atoms with van der Waals surface area (Å²) in [5.41, 5.74) is 6.27. The van der Waals surface area contributed by atoms with Gasteiger partial charge in [-0.15, -0.1) is 0 Å². The molecule has 0 saturated carbocycles. The molecule has 0 aliphatic carbocycles. The van der Waals surface area contributed by atoms with Gasteiger partial charge in [0.25, 0.3) is 0 Å². The Bertz CT molecular complexity index is 689. The van der Waals surface area contributed by atoms with Gasteiger partial charge >= 0.3 is 6.09 Å². The lowest BCUT2D eigenvalue weighted by atomic mass is 10.1. The predicted molar refractivity (Wildman–Crippen MR) is 70.5 cm³/mol. The molecule has 6 heteroatoms. The zero-order valence-corrected chi connectivity index (χ0v) is 11.0. The monoisotopic (exact) mass is 258 g/mol. The summed E-state index contributed by atoms with van der Waals surface area (Å²) >= 11 is 0. The van der Waals surface area contributed by atoms with Crippen LogP contribution < -0.4 is 5.73 Å². The van der Waals surface area contributed by atoms with E-state index in [4.69, 9.17) is 15.7 Å². The smallest absolute Gasteiger partial charge is 0.435 e. The van der Waals surface area contributed by atoms with E-state index in [1.165, 1.54) is 6.20 Å². The van der Waals surface area contributed by atoms with Gasteiger partial charge in [-0.3, -0.25) is 0 Å². The maximum atomic E-state index is 12.0. The van der Waals surface area contributed by atoms with Crippen molar-refractivity contribution in [2.24, 2.45) is 0 Å². The molecular weight excluding hydrogens is 244 g/mol. The topological polar surface area (TPSA) is 93.9 Å². The summed E-state index contributed by atoms with van der Waals surface area (Å²) in [7, 11) is 0. The van der Waals surface area contributed by atoms with Crippen LogP contribution in [-0.4, -0.2) is 21.5 Å². The van der Waals surface area contributed by atoms with Crippen LogP contribution >= 0.6 is 0 Å². The molecule has 0 spiro atoms.